The number of likely N-dealkylation sites (tertiary alicyclic amines) is 1. The lowest BCUT2D eigenvalue weighted by Gasteiger charge is -2.31. The number of aromatic nitrogens is 1. The Morgan fingerprint density at radius 3 is 2.37 bits per heavy atom. The van der Waals surface area contributed by atoms with Gasteiger partial charge in [-0.25, -0.2) is 4.98 Å². The van der Waals surface area contributed by atoms with Gasteiger partial charge in [0, 0.05) is 30.3 Å². The number of hydrogen-bond acceptors (Lipinski definition) is 4. The Labute approximate surface area is 157 Å². The number of benzene rings is 1. The normalized spacial score (nSPS) is 17.6. The summed E-state index contributed by atoms with van der Waals surface area (Å²) in [5.41, 5.74) is 5.91. The van der Waals surface area contributed by atoms with Gasteiger partial charge >= 0.3 is 0 Å². The van der Waals surface area contributed by atoms with Gasteiger partial charge in [-0.1, -0.05) is 24.3 Å². The highest BCUT2D eigenvalue weighted by molar-refractivity contribution is 5.96. The monoisotopic (exact) mass is 366 g/mol. The highest BCUT2D eigenvalue weighted by Crippen LogP contribution is 2.32. The summed E-state index contributed by atoms with van der Waals surface area (Å²) in [6.45, 7) is 1.21. The molecule has 0 radical (unpaired) electrons. The largest absolute Gasteiger partial charge is 0.342 e. The summed E-state index contributed by atoms with van der Waals surface area (Å²) in [7, 11) is 0. The van der Waals surface area contributed by atoms with Crippen molar-refractivity contribution in [2.24, 2.45) is 11.8 Å². The Morgan fingerprint density at radius 2 is 1.63 bits per heavy atom. The third-order valence-electron chi connectivity index (χ3n) is 5.23. The Kier molecular flexibility index (Phi) is 4.75. The van der Waals surface area contributed by atoms with E-state index in [9.17, 15) is 14.4 Å². The maximum absolute atomic E-state index is 12.3. The van der Waals surface area contributed by atoms with Crippen LogP contribution in [0, 0.1) is 11.8 Å². The average Bonchev–Trinajstić information content (AvgIpc) is 3.56. The van der Waals surface area contributed by atoms with E-state index in [-0.39, 0.29) is 29.3 Å². The fraction of sp³-hybridized carbons (Fsp3) is 0.400. The lowest BCUT2D eigenvalue weighted by atomic mass is 9.96. The molecule has 2 fully saturated rings. The molecule has 4 rings (SSSR count). The molecular formula is C20H22N4O3. The smallest absolute Gasteiger partial charge is 0.288 e. The molecule has 1 aromatic carbocycles. The van der Waals surface area contributed by atoms with Gasteiger partial charge in [-0.3, -0.25) is 25.2 Å². The van der Waals surface area contributed by atoms with Crippen LogP contribution in [-0.2, 0) is 9.59 Å². The first-order chi connectivity index (χ1) is 13.1. The van der Waals surface area contributed by atoms with Crippen LogP contribution in [0.25, 0.3) is 10.9 Å². The molecule has 140 valence electrons. The standard InChI is InChI=1S/C20H22N4O3/c25-18(14-9-11-24(12-10-14)20(27)15-5-6-15)22-23-19(26)17-8-7-13-3-1-2-4-16(13)21-17/h1-4,7-8,14-15H,5-6,9-12H2,(H,22,25)(H,23,26). The van der Waals surface area contributed by atoms with Crippen molar-refractivity contribution < 1.29 is 14.4 Å². The number of carbonyl (C=O) groups excluding carboxylic acids is 3. The third kappa shape index (κ3) is 3.92. The summed E-state index contributed by atoms with van der Waals surface area (Å²) < 4.78 is 0. The van der Waals surface area contributed by atoms with Crippen molar-refractivity contribution >= 4 is 28.6 Å². The molecule has 1 aliphatic heterocycles. The minimum Gasteiger partial charge on any atom is -0.342 e. The molecule has 27 heavy (non-hydrogen) atoms. The number of pyridine rings is 1. The van der Waals surface area contributed by atoms with Crippen LogP contribution in [0.1, 0.15) is 36.2 Å². The number of carbonyl (C=O) groups is 3. The topological polar surface area (TPSA) is 91.4 Å². The van der Waals surface area contributed by atoms with E-state index in [0.717, 1.165) is 23.7 Å². The fourth-order valence-electron chi connectivity index (χ4n) is 3.43. The van der Waals surface area contributed by atoms with E-state index in [2.05, 4.69) is 15.8 Å². The van der Waals surface area contributed by atoms with Gasteiger partial charge < -0.3 is 4.90 Å². The van der Waals surface area contributed by atoms with Crippen LogP contribution in [0.15, 0.2) is 36.4 Å². The zero-order valence-electron chi connectivity index (χ0n) is 15.0. The molecule has 1 aromatic heterocycles. The molecule has 3 amide bonds. The van der Waals surface area contributed by atoms with Crippen molar-refractivity contribution in [3.05, 3.63) is 42.1 Å². The van der Waals surface area contributed by atoms with Crippen molar-refractivity contribution in [1.82, 2.24) is 20.7 Å². The number of hydrazine groups is 1. The van der Waals surface area contributed by atoms with Crippen molar-refractivity contribution in [3.8, 4) is 0 Å². The molecule has 1 saturated heterocycles. The molecule has 2 aliphatic rings. The van der Waals surface area contributed by atoms with Gasteiger partial charge in [-0.2, -0.15) is 0 Å². The minimum absolute atomic E-state index is 0.196. The molecule has 1 aliphatic carbocycles. The van der Waals surface area contributed by atoms with Gasteiger partial charge in [0.2, 0.25) is 11.8 Å². The van der Waals surface area contributed by atoms with Gasteiger partial charge in [-0.15, -0.1) is 0 Å². The van der Waals surface area contributed by atoms with Crippen molar-refractivity contribution in [1.29, 1.82) is 0 Å². The summed E-state index contributed by atoms with van der Waals surface area (Å²) in [4.78, 5) is 42.8. The van der Waals surface area contributed by atoms with Crippen molar-refractivity contribution in [2.75, 3.05) is 13.1 Å². The predicted octanol–water partition coefficient (Wildman–Crippen LogP) is 1.64. The molecule has 0 unspecified atom stereocenters. The molecule has 7 heteroatoms. The quantitative estimate of drug-likeness (QED) is 0.808. The van der Waals surface area contributed by atoms with Crippen LogP contribution in [0.4, 0.5) is 0 Å². The van der Waals surface area contributed by atoms with Crippen LogP contribution < -0.4 is 10.9 Å². The van der Waals surface area contributed by atoms with Crippen LogP contribution in [0.2, 0.25) is 0 Å². The zero-order chi connectivity index (χ0) is 18.8. The third-order valence-corrected chi connectivity index (χ3v) is 5.23. The highest BCUT2D eigenvalue weighted by Gasteiger charge is 2.36. The van der Waals surface area contributed by atoms with Crippen LogP contribution in [0.3, 0.4) is 0 Å². The lowest BCUT2D eigenvalue weighted by molar-refractivity contribution is -0.136. The Bertz CT molecular complexity index is 886. The molecule has 2 N–H and O–H groups in total. The van der Waals surface area contributed by atoms with E-state index in [4.69, 9.17) is 0 Å². The van der Waals surface area contributed by atoms with Gasteiger partial charge in [0.05, 0.1) is 5.52 Å². The summed E-state index contributed by atoms with van der Waals surface area (Å²) in [6.07, 6.45) is 3.23. The van der Waals surface area contributed by atoms with E-state index in [1.54, 1.807) is 6.07 Å². The maximum atomic E-state index is 12.3. The Hall–Kier alpha value is -2.96. The first-order valence-electron chi connectivity index (χ1n) is 9.36. The number of rotatable bonds is 3. The molecule has 1 saturated carbocycles. The van der Waals surface area contributed by atoms with Gasteiger partial charge in [0.15, 0.2) is 0 Å². The second kappa shape index (κ2) is 7.34. The van der Waals surface area contributed by atoms with Crippen LogP contribution in [0.5, 0.6) is 0 Å². The predicted molar refractivity (Wildman–Crippen MR) is 99.4 cm³/mol. The Morgan fingerprint density at radius 1 is 0.889 bits per heavy atom. The second-order valence-electron chi connectivity index (χ2n) is 7.21. The molecule has 0 atom stereocenters. The van der Waals surface area contributed by atoms with Gasteiger partial charge in [0.25, 0.3) is 5.91 Å². The number of fused-ring (bicyclic) bond motifs is 1. The molecule has 0 bridgehead atoms. The molecule has 0 spiro atoms. The van der Waals surface area contributed by atoms with E-state index in [1.165, 1.54) is 0 Å². The number of piperidine rings is 1. The average molecular weight is 366 g/mol. The number of nitrogens with zero attached hydrogens (tertiary/aromatic N) is 2. The summed E-state index contributed by atoms with van der Waals surface area (Å²) in [5.74, 6) is -0.426. The Balaban J connectivity index is 1.28. The minimum atomic E-state index is -0.449. The van der Waals surface area contributed by atoms with Crippen molar-refractivity contribution in [2.45, 2.75) is 25.7 Å². The van der Waals surface area contributed by atoms with Gasteiger partial charge in [0.1, 0.15) is 5.69 Å². The summed E-state index contributed by atoms with van der Waals surface area (Å²) in [6, 6.07) is 11.0. The van der Waals surface area contributed by atoms with Crippen LogP contribution >= 0.6 is 0 Å². The highest BCUT2D eigenvalue weighted by atomic mass is 16.2. The lowest BCUT2D eigenvalue weighted by Crippen LogP contribution is -2.48. The number of hydrogen-bond donors (Lipinski definition) is 2. The fourth-order valence-corrected chi connectivity index (χ4v) is 3.43. The molecule has 7 nitrogen and oxygen atoms in total. The van der Waals surface area contributed by atoms with Crippen LogP contribution in [-0.4, -0.2) is 40.7 Å². The van der Waals surface area contributed by atoms with E-state index in [0.29, 0.717) is 25.9 Å². The number of amides is 3. The van der Waals surface area contributed by atoms with E-state index >= 15 is 0 Å². The van der Waals surface area contributed by atoms with Crippen molar-refractivity contribution in [3.63, 3.8) is 0 Å². The summed E-state index contributed by atoms with van der Waals surface area (Å²) >= 11 is 0. The van der Waals surface area contributed by atoms with Gasteiger partial charge in [-0.05, 0) is 37.8 Å². The molecule has 2 aromatic rings. The molecular weight excluding hydrogens is 344 g/mol. The van der Waals surface area contributed by atoms with E-state index in [1.807, 2.05) is 35.2 Å². The zero-order valence-corrected chi connectivity index (χ0v) is 15.0. The second-order valence-corrected chi connectivity index (χ2v) is 7.21. The maximum Gasteiger partial charge on any atom is 0.288 e. The first kappa shape index (κ1) is 17.5. The number of para-hydroxylation sites is 1. The number of nitrogens with one attached hydrogen (secondary N) is 2. The SMILES string of the molecule is O=C(NNC(=O)C1CCN(C(=O)C2CC2)CC1)c1ccc2ccccc2n1. The molecule has 2 heterocycles. The summed E-state index contributed by atoms with van der Waals surface area (Å²) in [5, 5.41) is 0.950. The van der Waals surface area contributed by atoms with E-state index < -0.39 is 5.91 Å². The first-order valence-corrected chi connectivity index (χ1v) is 9.36.